The van der Waals surface area contributed by atoms with Gasteiger partial charge in [0.05, 0.1) is 0 Å². The van der Waals surface area contributed by atoms with Gasteiger partial charge >= 0.3 is 0 Å². The van der Waals surface area contributed by atoms with E-state index in [1.807, 2.05) is 6.92 Å². The van der Waals surface area contributed by atoms with Crippen molar-refractivity contribution in [3.8, 4) is 0 Å². The number of allylic oxidation sites excluding steroid dienone is 9. The summed E-state index contributed by atoms with van der Waals surface area (Å²) < 4.78 is 0. The van der Waals surface area contributed by atoms with Crippen LogP contribution >= 0.6 is 0 Å². The lowest BCUT2D eigenvalue weighted by Gasteiger charge is -2.67. The van der Waals surface area contributed by atoms with Crippen LogP contribution in [0.3, 0.4) is 0 Å². The van der Waals surface area contributed by atoms with Crippen LogP contribution < -0.4 is 0 Å². The summed E-state index contributed by atoms with van der Waals surface area (Å²) in [5.41, 5.74) is 15.5. The van der Waals surface area contributed by atoms with Crippen LogP contribution in [0.25, 0.3) is 11.6 Å². The van der Waals surface area contributed by atoms with Gasteiger partial charge < -0.3 is 0 Å². The first kappa shape index (κ1) is 26.5. The number of fused-ring (bicyclic) bond motifs is 3. The van der Waals surface area contributed by atoms with Gasteiger partial charge in [-0.3, -0.25) is 0 Å². The van der Waals surface area contributed by atoms with E-state index in [1.165, 1.54) is 55.7 Å². The predicted molar refractivity (Wildman–Crippen MR) is 160 cm³/mol. The van der Waals surface area contributed by atoms with E-state index in [-0.39, 0.29) is 16.2 Å². The van der Waals surface area contributed by atoms with Crippen LogP contribution in [-0.4, -0.2) is 0 Å². The monoisotopic (exact) mass is 478 g/mol. The SMILES string of the molecule is C=C(C)/C=C/c1ccc2c(c1C)C(=C)C1=C(C)[C@@]3(C)C(=C)C(C(=C)C)=C(C)C[C@@]3(C)[C@H](C)[C@@]1(C)[C@@H]2C. The topological polar surface area (TPSA) is 0 Å². The van der Waals surface area contributed by atoms with Crippen LogP contribution in [0, 0.1) is 29.1 Å². The van der Waals surface area contributed by atoms with Crippen molar-refractivity contribution in [3.63, 3.8) is 0 Å². The molecule has 1 aromatic rings. The van der Waals surface area contributed by atoms with Gasteiger partial charge in [0.25, 0.3) is 0 Å². The fourth-order valence-electron chi connectivity index (χ4n) is 8.58. The molecule has 190 valence electrons. The smallest absolute Gasteiger partial charge is 0.0196 e. The van der Waals surface area contributed by atoms with Crippen LogP contribution in [0.5, 0.6) is 0 Å². The molecule has 3 aliphatic rings. The zero-order valence-electron chi connectivity index (χ0n) is 24.5. The first-order valence-electron chi connectivity index (χ1n) is 13.5. The third-order valence-corrected chi connectivity index (χ3v) is 11.1. The first-order valence-corrected chi connectivity index (χ1v) is 13.5. The predicted octanol–water partition coefficient (Wildman–Crippen LogP) is 10.6. The van der Waals surface area contributed by atoms with Crippen molar-refractivity contribution in [1.82, 2.24) is 0 Å². The lowest BCUT2D eigenvalue weighted by molar-refractivity contribution is -0.0260. The Labute approximate surface area is 221 Å². The highest BCUT2D eigenvalue weighted by molar-refractivity contribution is 5.88. The molecule has 0 bridgehead atoms. The molecule has 3 aliphatic carbocycles. The van der Waals surface area contributed by atoms with Crippen LogP contribution in [0.15, 0.2) is 83.5 Å². The second-order valence-electron chi connectivity index (χ2n) is 12.8. The molecule has 0 heteroatoms. The molecule has 1 aromatic carbocycles. The minimum atomic E-state index is -0.152. The molecular weight excluding hydrogens is 432 g/mol. The third-order valence-electron chi connectivity index (χ3n) is 11.1. The van der Waals surface area contributed by atoms with Gasteiger partial charge in [0, 0.05) is 10.8 Å². The summed E-state index contributed by atoms with van der Waals surface area (Å²) in [6.07, 6.45) is 5.37. The van der Waals surface area contributed by atoms with E-state index in [9.17, 15) is 0 Å². The summed E-state index contributed by atoms with van der Waals surface area (Å²) in [6, 6.07) is 4.65. The van der Waals surface area contributed by atoms with E-state index in [2.05, 4.69) is 99.8 Å². The van der Waals surface area contributed by atoms with Crippen LogP contribution in [-0.2, 0) is 0 Å². The summed E-state index contributed by atoms with van der Waals surface area (Å²) in [5.74, 6) is 0.826. The summed E-state index contributed by atoms with van der Waals surface area (Å²) in [7, 11) is 0. The Morgan fingerprint density at radius 1 is 1.00 bits per heavy atom. The molecule has 4 rings (SSSR count). The Balaban J connectivity index is 2.06. The summed E-state index contributed by atoms with van der Waals surface area (Å²) in [5, 5.41) is 0. The van der Waals surface area contributed by atoms with Gasteiger partial charge in [0.15, 0.2) is 0 Å². The minimum Gasteiger partial charge on any atom is -0.0961 e. The van der Waals surface area contributed by atoms with Gasteiger partial charge in [0.1, 0.15) is 0 Å². The molecule has 0 saturated heterocycles. The molecule has 0 unspecified atom stereocenters. The quantitative estimate of drug-likeness (QED) is 0.379. The van der Waals surface area contributed by atoms with Gasteiger partial charge in [-0.2, -0.15) is 0 Å². The van der Waals surface area contributed by atoms with Crippen molar-refractivity contribution in [2.45, 2.75) is 81.6 Å². The third kappa shape index (κ3) is 3.06. The molecule has 0 spiro atoms. The van der Waals surface area contributed by atoms with Crippen LogP contribution in [0.4, 0.5) is 0 Å². The Morgan fingerprint density at radius 2 is 1.61 bits per heavy atom. The van der Waals surface area contributed by atoms with E-state index < -0.39 is 0 Å². The van der Waals surface area contributed by atoms with Crippen molar-refractivity contribution >= 4 is 11.6 Å². The molecule has 0 radical (unpaired) electrons. The average molecular weight is 479 g/mol. The highest BCUT2D eigenvalue weighted by atomic mass is 14.7. The fourth-order valence-corrected chi connectivity index (χ4v) is 8.58. The molecule has 0 aliphatic heterocycles. The average Bonchev–Trinajstić information content (AvgIpc) is 2.78. The molecule has 0 saturated carbocycles. The van der Waals surface area contributed by atoms with Crippen LogP contribution in [0.1, 0.15) is 96.9 Å². The van der Waals surface area contributed by atoms with E-state index in [0.29, 0.717) is 11.8 Å². The lowest BCUT2D eigenvalue weighted by Crippen LogP contribution is -2.58. The highest BCUT2D eigenvalue weighted by Crippen LogP contribution is 2.74. The van der Waals surface area contributed by atoms with Gasteiger partial charge in [-0.05, 0) is 103 Å². The van der Waals surface area contributed by atoms with Crippen LogP contribution in [0.2, 0.25) is 0 Å². The Bertz CT molecular complexity index is 1330. The van der Waals surface area contributed by atoms with Crippen molar-refractivity contribution in [2.75, 3.05) is 0 Å². The summed E-state index contributed by atoms with van der Waals surface area (Å²) in [6.45, 7) is 41.6. The Morgan fingerprint density at radius 3 is 2.17 bits per heavy atom. The van der Waals surface area contributed by atoms with E-state index >= 15 is 0 Å². The van der Waals surface area contributed by atoms with Crippen molar-refractivity contribution < 1.29 is 0 Å². The molecule has 36 heavy (non-hydrogen) atoms. The molecule has 0 aromatic heterocycles. The van der Waals surface area contributed by atoms with E-state index in [4.69, 9.17) is 13.2 Å². The van der Waals surface area contributed by atoms with Crippen molar-refractivity contribution in [3.05, 3.63) is 106 Å². The van der Waals surface area contributed by atoms with Gasteiger partial charge in [-0.1, -0.05) is 108 Å². The number of benzene rings is 1. The second-order valence-corrected chi connectivity index (χ2v) is 12.8. The molecule has 0 heterocycles. The Hall–Kier alpha value is -2.60. The molecule has 0 nitrogen and oxygen atoms in total. The number of hydrogen-bond donors (Lipinski definition) is 0. The van der Waals surface area contributed by atoms with Gasteiger partial charge in [0.2, 0.25) is 0 Å². The van der Waals surface area contributed by atoms with Gasteiger partial charge in [-0.15, -0.1) is 0 Å². The number of hydrogen-bond acceptors (Lipinski definition) is 0. The zero-order valence-corrected chi connectivity index (χ0v) is 24.5. The molecule has 5 atom stereocenters. The molecule has 0 N–H and O–H groups in total. The number of rotatable bonds is 3. The maximum atomic E-state index is 4.83. The lowest BCUT2D eigenvalue weighted by atomic mass is 9.37. The maximum absolute atomic E-state index is 4.83. The maximum Gasteiger partial charge on any atom is 0.0196 e. The summed E-state index contributed by atoms with van der Waals surface area (Å²) in [4.78, 5) is 0. The molecule has 0 fully saturated rings. The normalized spacial score (nSPS) is 34.1. The first-order chi connectivity index (χ1) is 16.6. The van der Waals surface area contributed by atoms with Crippen molar-refractivity contribution in [1.29, 1.82) is 0 Å². The van der Waals surface area contributed by atoms with Gasteiger partial charge in [-0.25, -0.2) is 0 Å². The summed E-state index contributed by atoms with van der Waals surface area (Å²) >= 11 is 0. The van der Waals surface area contributed by atoms with Crippen molar-refractivity contribution in [2.24, 2.45) is 22.2 Å². The Kier molecular flexibility index (Phi) is 6.03. The minimum absolute atomic E-state index is 0.00872. The fraction of sp³-hybridized carbons (Fsp3) is 0.444. The van der Waals surface area contributed by atoms with E-state index in [0.717, 1.165) is 17.6 Å². The standard InChI is InChI=1S/C36H46/c1-20(2)15-16-29-17-18-30-25(8)35(13)28(11)34(12)19-22(5)31(21(3)4)26(9)36(34,14)27(10)33(35)24(7)32(30)23(29)6/h15-18,25,28H,1,3,7,9,19H2,2,4-6,8,10-14H3/b16-15+/t25-,28+,34+,35-,36-/m1/s1. The van der Waals surface area contributed by atoms with E-state index in [1.54, 1.807) is 0 Å². The molecular formula is C36H46. The highest BCUT2D eigenvalue weighted by Gasteiger charge is 2.64. The molecule has 0 amide bonds. The zero-order chi connectivity index (χ0) is 27.1. The largest absolute Gasteiger partial charge is 0.0961 e. The second kappa shape index (κ2) is 8.20.